The summed E-state index contributed by atoms with van der Waals surface area (Å²) in [5.41, 5.74) is 1.52. The van der Waals surface area contributed by atoms with Crippen LogP contribution in [0, 0.1) is 0 Å². The quantitative estimate of drug-likeness (QED) is 0.630. The normalized spacial score (nSPS) is 26.9. The van der Waals surface area contributed by atoms with E-state index in [1.165, 1.54) is 6.07 Å². The Morgan fingerprint density at radius 3 is 3.00 bits per heavy atom. The number of pyridine rings is 1. The van der Waals surface area contributed by atoms with Gasteiger partial charge in [0, 0.05) is 17.8 Å². The van der Waals surface area contributed by atoms with Crippen LogP contribution in [0.4, 0.5) is 0 Å². The monoisotopic (exact) mass is 179 g/mol. The van der Waals surface area contributed by atoms with Crippen LogP contribution >= 0.6 is 0 Å². The molecular formula is C10H13NO2. The molecule has 0 fully saturated rings. The van der Waals surface area contributed by atoms with E-state index in [0.717, 1.165) is 18.4 Å². The van der Waals surface area contributed by atoms with Gasteiger partial charge in [0.15, 0.2) is 5.43 Å². The second-order valence-corrected chi connectivity index (χ2v) is 3.66. The molecule has 0 bridgehead atoms. The summed E-state index contributed by atoms with van der Waals surface area (Å²) >= 11 is 0. The van der Waals surface area contributed by atoms with E-state index in [9.17, 15) is 9.90 Å². The molecule has 3 heteroatoms. The zero-order valence-corrected chi connectivity index (χ0v) is 7.58. The van der Waals surface area contributed by atoms with Crippen molar-refractivity contribution in [3.05, 3.63) is 33.7 Å². The predicted molar refractivity (Wildman–Crippen MR) is 49.7 cm³/mol. The molecule has 0 saturated heterocycles. The van der Waals surface area contributed by atoms with Gasteiger partial charge in [-0.25, -0.2) is 0 Å². The standard InChI is InChI=1S/C10H13NO2/c1-6-2-3-8(13)10-9(6)7(12)4-5-11-10/h4-6,8,13H,2-3H2,1H3,(H,11,12)/t6-,8-/m0/s1. The second kappa shape index (κ2) is 3.00. The Labute approximate surface area is 76.4 Å². The Kier molecular flexibility index (Phi) is 1.96. The third-order valence-electron chi connectivity index (χ3n) is 2.73. The fourth-order valence-electron chi connectivity index (χ4n) is 1.99. The fourth-order valence-corrected chi connectivity index (χ4v) is 1.99. The molecule has 1 heterocycles. The number of fused-ring (bicyclic) bond motifs is 1. The minimum absolute atomic E-state index is 0.0417. The van der Waals surface area contributed by atoms with E-state index >= 15 is 0 Å². The van der Waals surface area contributed by atoms with E-state index in [1.54, 1.807) is 6.20 Å². The highest BCUT2D eigenvalue weighted by molar-refractivity contribution is 5.27. The summed E-state index contributed by atoms with van der Waals surface area (Å²) < 4.78 is 0. The number of aliphatic hydroxyl groups excluding tert-OH is 1. The molecule has 2 rings (SSSR count). The summed E-state index contributed by atoms with van der Waals surface area (Å²) in [6.07, 6.45) is 2.75. The summed E-state index contributed by atoms with van der Waals surface area (Å²) in [6, 6.07) is 1.52. The lowest BCUT2D eigenvalue weighted by molar-refractivity contribution is 0.146. The van der Waals surface area contributed by atoms with Crippen LogP contribution in [0.15, 0.2) is 17.1 Å². The molecule has 0 saturated carbocycles. The maximum atomic E-state index is 11.5. The largest absolute Gasteiger partial charge is 0.387 e. The van der Waals surface area contributed by atoms with Crippen molar-refractivity contribution in [1.29, 1.82) is 0 Å². The van der Waals surface area contributed by atoms with Crippen molar-refractivity contribution in [2.75, 3.05) is 0 Å². The summed E-state index contributed by atoms with van der Waals surface area (Å²) in [6.45, 7) is 2.03. The Morgan fingerprint density at radius 2 is 2.31 bits per heavy atom. The first-order valence-electron chi connectivity index (χ1n) is 4.59. The molecular weight excluding hydrogens is 166 g/mol. The Morgan fingerprint density at radius 1 is 1.54 bits per heavy atom. The van der Waals surface area contributed by atoms with Crippen molar-refractivity contribution in [3.8, 4) is 0 Å². The zero-order valence-electron chi connectivity index (χ0n) is 7.58. The van der Waals surface area contributed by atoms with Crippen LogP contribution in [0.5, 0.6) is 0 Å². The lowest BCUT2D eigenvalue weighted by atomic mass is 9.85. The molecule has 3 nitrogen and oxygen atoms in total. The van der Waals surface area contributed by atoms with E-state index in [2.05, 4.69) is 4.98 Å². The summed E-state index contributed by atoms with van der Waals surface area (Å²) in [4.78, 5) is 14.4. The van der Waals surface area contributed by atoms with Crippen molar-refractivity contribution >= 4 is 0 Å². The van der Waals surface area contributed by atoms with Crippen LogP contribution in [-0.4, -0.2) is 10.1 Å². The molecule has 0 amide bonds. The average Bonchev–Trinajstić information content (AvgIpc) is 2.12. The number of nitrogens with one attached hydrogen (secondary N) is 1. The highest BCUT2D eigenvalue weighted by Gasteiger charge is 2.25. The summed E-state index contributed by atoms with van der Waals surface area (Å²) in [5.74, 6) is 0.267. The van der Waals surface area contributed by atoms with Gasteiger partial charge in [0.05, 0.1) is 11.8 Å². The molecule has 70 valence electrons. The van der Waals surface area contributed by atoms with Gasteiger partial charge in [-0.1, -0.05) is 6.92 Å². The van der Waals surface area contributed by atoms with Gasteiger partial charge in [0.2, 0.25) is 0 Å². The molecule has 1 aliphatic carbocycles. The molecule has 2 atom stereocenters. The number of hydrogen-bond donors (Lipinski definition) is 2. The lowest BCUT2D eigenvalue weighted by Crippen LogP contribution is -2.22. The van der Waals surface area contributed by atoms with E-state index in [-0.39, 0.29) is 11.3 Å². The number of aromatic nitrogens is 1. The van der Waals surface area contributed by atoms with Crippen molar-refractivity contribution in [2.24, 2.45) is 0 Å². The van der Waals surface area contributed by atoms with Crippen LogP contribution in [0.2, 0.25) is 0 Å². The number of H-pyrrole nitrogens is 1. The SMILES string of the molecule is C[C@H]1CC[C@H](O)c2[nH]ccc(=O)c21. The van der Waals surface area contributed by atoms with Gasteiger partial charge in [-0.2, -0.15) is 0 Å². The molecule has 0 aromatic carbocycles. The van der Waals surface area contributed by atoms with Crippen LogP contribution in [0.1, 0.15) is 43.0 Å². The molecule has 2 N–H and O–H groups in total. The average molecular weight is 179 g/mol. The van der Waals surface area contributed by atoms with Crippen LogP contribution in [-0.2, 0) is 0 Å². The molecule has 13 heavy (non-hydrogen) atoms. The number of hydrogen-bond acceptors (Lipinski definition) is 2. The molecule has 0 aliphatic heterocycles. The molecule has 1 aromatic heterocycles. The molecule has 0 unspecified atom stereocenters. The minimum atomic E-state index is -0.486. The highest BCUT2D eigenvalue weighted by Crippen LogP contribution is 2.33. The van der Waals surface area contributed by atoms with Gasteiger partial charge in [-0.05, 0) is 18.8 Å². The van der Waals surface area contributed by atoms with Gasteiger partial charge in [-0.3, -0.25) is 4.79 Å². The fraction of sp³-hybridized carbons (Fsp3) is 0.500. The van der Waals surface area contributed by atoms with Gasteiger partial charge in [0.25, 0.3) is 0 Å². The maximum absolute atomic E-state index is 11.5. The first-order chi connectivity index (χ1) is 6.20. The third-order valence-corrected chi connectivity index (χ3v) is 2.73. The first-order valence-corrected chi connectivity index (χ1v) is 4.59. The number of rotatable bonds is 0. The van der Waals surface area contributed by atoms with Crippen LogP contribution < -0.4 is 5.43 Å². The Bertz CT molecular complexity index is 369. The van der Waals surface area contributed by atoms with Crippen molar-refractivity contribution in [3.63, 3.8) is 0 Å². The maximum Gasteiger partial charge on any atom is 0.185 e. The van der Waals surface area contributed by atoms with Crippen LogP contribution in [0.25, 0.3) is 0 Å². The zero-order chi connectivity index (χ0) is 9.42. The van der Waals surface area contributed by atoms with E-state index in [0.29, 0.717) is 5.69 Å². The minimum Gasteiger partial charge on any atom is -0.387 e. The Balaban J connectivity index is 2.63. The molecule has 1 aliphatic rings. The van der Waals surface area contributed by atoms with Gasteiger partial charge in [0.1, 0.15) is 0 Å². The van der Waals surface area contributed by atoms with Crippen molar-refractivity contribution in [2.45, 2.75) is 31.8 Å². The predicted octanol–water partition coefficient (Wildman–Crippen LogP) is 1.31. The first kappa shape index (κ1) is 8.51. The van der Waals surface area contributed by atoms with Crippen molar-refractivity contribution in [1.82, 2.24) is 4.98 Å². The lowest BCUT2D eigenvalue weighted by Gasteiger charge is -2.24. The van der Waals surface area contributed by atoms with Gasteiger partial charge in [-0.15, -0.1) is 0 Å². The molecule has 1 aromatic rings. The van der Waals surface area contributed by atoms with Gasteiger partial charge < -0.3 is 10.1 Å². The highest BCUT2D eigenvalue weighted by atomic mass is 16.3. The van der Waals surface area contributed by atoms with E-state index in [4.69, 9.17) is 0 Å². The number of aliphatic hydroxyl groups is 1. The second-order valence-electron chi connectivity index (χ2n) is 3.66. The van der Waals surface area contributed by atoms with Crippen LogP contribution in [0.3, 0.4) is 0 Å². The number of aromatic amines is 1. The topological polar surface area (TPSA) is 53.1 Å². The molecule has 0 radical (unpaired) electrons. The molecule has 0 spiro atoms. The van der Waals surface area contributed by atoms with Crippen molar-refractivity contribution < 1.29 is 5.11 Å². The summed E-state index contributed by atoms with van der Waals surface area (Å²) in [7, 11) is 0. The summed E-state index contributed by atoms with van der Waals surface area (Å²) in [5, 5.41) is 9.63. The smallest absolute Gasteiger partial charge is 0.185 e. The van der Waals surface area contributed by atoms with Gasteiger partial charge >= 0.3 is 0 Å². The van der Waals surface area contributed by atoms with E-state index < -0.39 is 6.10 Å². The Hall–Kier alpha value is -1.09. The van der Waals surface area contributed by atoms with E-state index in [1.807, 2.05) is 6.92 Å². The third kappa shape index (κ3) is 1.29.